The summed E-state index contributed by atoms with van der Waals surface area (Å²) in [6.07, 6.45) is 1.98. The second-order valence-electron chi connectivity index (χ2n) is 7.67. The van der Waals surface area contributed by atoms with Crippen LogP contribution in [-0.2, 0) is 22.5 Å². The molecule has 0 fully saturated rings. The fourth-order valence-electron chi connectivity index (χ4n) is 3.20. The number of hydroxylamine groups is 1. The normalized spacial score (nSPS) is 18.3. The number of nitrogens with zero attached hydrogens (tertiary/aromatic N) is 1. The predicted molar refractivity (Wildman–Crippen MR) is 106 cm³/mol. The monoisotopic (exact) mass is 416 g/mol. The van der Waals surface area contributed by atoms with Crippen LogP contribution in [0.3, 0.4) is 0 Å². The van der Waals surface area contributed by atoms with Crippen LogP contribution < -0.4 is 16.9 Å². The fraction of sp³-hybridized carbons (Fsp3) is 0.350. The largest absolute Gasteiger partial charge is 0.508 e. The topological polar surface area (TPSA) is 174 Å². The predicted octanol–water partition coefficient (Wildman–Crippen LogP) is 1.21. The maximum atomic E-state index is 11.8. The first-order chi connectivity index (χ1) is 14.0. The van der Waals surface area contributed by atoms with Gasteiger partial charge < -0.3 is 31.0 Å². The number of primary amides is 2. The van der Waals surface area contributed by atoms with Crippen molar-refractivity contribution in [2.24, 2.45) is 11.5 Å². The van der Waals surface area contributed by atoms with Crippen molar-refractivity contribution >= 4 is 17.6 Å². The fourth-order valence-corrected chi connectivity index (χ4v) is 3.20. The molecule has 10 nitrogen and oxygen atoms in total. The molecule has 0 saturated heterocycles. The minimum absolute atomic E-state index is 0.0175. The van der Waals surface area contributed by atoms with Crippen molar-refractivity contribution in [3.05, 3.63) is 46.4 Å². The quantitative estimate of drug-likeness (QED) is 0.448. The molecule has 10 heteroatoms. The van der Waals surface area contributed by atoms with Crippen molar-refractivity contribution in [1.82, 2.24) is 10.6 Å². The number of nitrogens with two attached hydrogens (primary N) is 2. The molecule has 1 aliphatic rings. The van der Waals surface area contributed by atoms with E-state index >= 15 is 0 Å². The number of aryl methyl sites for hydroxylation is 2. The zero-order valence-electron chi connectivity index (χ0n) is 16.9. The van der Waals surface area contributed by atoms with Crippen LogP contribution in [0.1, 0.15) is 59.6 Å². The smallest absolute Gasteiger partial charge is 0.271 e. The van der Waals surface area contributed by atoms with Gasteiger partial charge >= 0.3 is 0 Å². The molecule has 3 rings (SSSR count). The van der Waals surface area contributed by atoms with Gasteiger partial charge in [0.1, 0.15) is 17.3 Å². The van der Waals surface area contributed by atoms with Crippen molar-refractivity contribution in [3.63, 3.8) is 0 Å². The Morgan fingerprint density at radius 3 is 2.47 bits per heavy atom. The molecule has 1 aromatic carbocycles. The first-order valence-corrected chi connectivity index (χ1v) is 9.33. The van der Waals surface area contributed by atoms with Crippen molar-refractivity contribution < 1.29 is 29.2 Å². The van der Waals surface area contributed by atoms with Crippen LogP contribution in [0.4, 0.5) is 0 Å². The second kappa shape index (κ2) is 7.71. The molecule has 1 atom stereocenters. The minimum atomic E-state index is -1.28. The van der Waals surface area contributed by atoms with E-state index in [1.54, 1.807) is 6.07 Å². The Balaban J connectivity index is 1.95. The number of hydrogen-bond acceptors (Lipinski definition) is 8. The number of phenols is 2. The number of carbonyl (C=O) groups is 2. The Morgan fingerprint density at radius 1 is 1.20 bits per heavy atom. The van der Waals surface area contributed by atoms with Gasteiger partial charge in [-0.3, -0.25) is 9.59 Å². The van der Waals surface area contributed by atoms with Crippen molar-refractivity contribution in [2.45, 2.75) is 45.1 Å². The highest BCUT2D eigenvalue weighted by Crippen LogP contribution is 2.34. The second-order valence-corrected chi connectivity index (χ2v) is 7.67. The zero-order valence-corrected chi connectivity index (χ0v) is 16.9. The summed E-state index contributed by atoms with van der Waals surface area (Å²) in [5, 5.41) is 23.9. The summed E-state index contributed by atoms with van der Waals surface area (Å²) >= 11 is 0. The lowest BCUT2D eigenvalue weighted by molar-refractivity contribution is -0.124. The van der Waals surface area contributed by atoms with E-state index in [1.165, 1.54) is 19.1 Å². The van der Waals surface area contributed by atoms with Gasteiger partial charge in [-0.1, -0.05) is 19.0 Å². The summed E-state index contributed by atoms with van der Waals surface area (Å²) in [6, 6.07) is 3.02. The molecule has 160 valence electrons. The van der Waals surface area contributed by atoms with Crippen molar-refractivity contribution in [3.8, 4) is 11.5 Å². The summed E-state index contributed by atoms with van der Waals surface area (Å²) in [6.45, 7) is 5.37. The van der Waals surface area contributed by atoms with Crippen LogP contribution in [0.15, 0.2) is 22.7 Å². The van der Waals surface area contributed by atoms with Crippen LogP contribution >= 0.6 is 0 Å². The maximum absolute atomic E-state index is 11.8. The van der Waals surface area contributed by atoms with Gasteiger partial charge in [-0.15, -0.1) is 5.48 Å². The van der Waals surface area contributed by atoms with Gasteiger partial charge in [0.15, 0.2) is 17.0 Å². The minimum Gasteiger partial charge on any atom is -0.508 e. The van der Waals surface area contributed by atoms with E-state index in [2.05, 4.69) is 10.6 Å². The van der Waals surface area contributed by atoms with Gasteiger partial charge in [0.25, 0.3) is 5.91 Å². The summed E-state index contributed by atoms with van der Waals surface area (Å²) in [4.78, 5) is 28.8. The molecule has 1 aliphatic heterocycles. The molecule has 0 bridgehead atoms. The number of benzene rings is 1. The van der Waals surface area contributed by atoms with Gasteiger partial charge in [0.05, 0.1) is 5.56 Å². The van der Waals surface area contributed by atoms with Crippen LogP contribution in [0.5, 0.6) is 11.5 Å². The van der Waals surface area contributed by atoms with Crippen molar-refractivity contribution in [1.29, 1.82) is 0 Å². The number of rotatable bonds is 7. The maximum Gasteiger partial charge on any atom is 0.271 e. The van der Waals surface area contributed by atoms with Gasteiger partial charge in [-0.05, 0) is 42.5 Å². The van der Waals surface area contributed by atoms with Gasteiger partial charge in [0.2, 0.25) is 5.91 Å². The summed E-state index contributed by atoms with van der Waals surface area (Å²) < 4.78 is 5.31. The first kappa shape index (κ1) is 21.2. The number of hydrogen-bond donors (Lipinski definition) is 5. The number of carbonyl (C=O) groups excluding carboxylic acids is 2. The number of nitrogens with one attached hydrogen (secondary N) is 1. The molecular formula is C20H24N4O6. The van der Waals surface area contributed by atoms with Crippen LogP contribution in [-0.4, -0.2) is 32.7 Å². The summed E-state index contributed by atoms with van der Waals surface area (Å²) in [5.41, 5.74) is 13.4. The van der Waals surface area contributed by atoms with Crippen LogP contribution in [0, 0.1) is 0 Å². The Bertz CT molecular complexity index is 1040. The molecule has 2 heterocycles. The van der Waals surface area contributed by atoms with Gasteiger partial charge in [-0.2, -0.15) is 0 Å². The standard InChI is InChI=1S/C20H24N4O6/c1-9(2)11-6-10(12(25)7-13(11)26)4-5-14-16(17(18(21)27)23-29-14)15-8-20(3,19(22)28)24-30-15/h6-9,24-26H,4-5H2,1-3H3,(H2,21,27)(H2,22,28). The molecule has 7 N–H and O–H groups in total. The first-order valence-electron chi connectivity index (χ1n) is 9.33. The zero-order chi connectivity index (χ0) is 22.2. The third-order valence-electron chi connectivity index (χ3n) is 5.02. The molecule has 0 radical (unpaired) electrons. The Kier molecular flexibility index (Phi) is 5.45. The highest BCUT2D eigenvalue weighted by Gasteiger charge is 2.39. The van der Waals surface area contributed by atoms with Crippen LogP contribution in [0.2, 0.25) is 0 Å². The summed E-state index contributed by atoms with van der Waals surface area (Å²) in [5.74, 6) is -1.07. The Labute approximate surface area is 172 Å². The van der Waals surface area contributed by atoms with E-state index in [4.69, 9.17) is 20.8 Å². The third kappa shape index (κ3) is 3.81. The average molecular weight is 416 g/mol. The van der Waals surface area contributed by atoms with E-state index in [-0.39, 0.29) is 46.6 Å². The van der Waals surface area contributed by atoms with E-state index in [9.17, 15) is 19.8 Å². The highest BCUT2D eigenvalue weighted by atomic mass is 16.7. The third-order valence-corrected chi connectivity index (χ3v) is 5.02. The molecular weight excluding hydrogens is 392 g/mol. The van der Waals surface area contributed by atoms with E-state index in [1.807, 2.05) is 13.8 Å². The number of phenolic OH excluding ortho intramolecular Hbond substituents is 2. The Hall–Kier alpha value is -3.53. The lowest BCUT2D eigenvalue weighted by atomic mass is 9.95. The molecule has 0 spiro atoms. The molecule has 1 aromatic heterocycles. The highest BCUT2D eigenvalue weighted by molar-refractivity contribution is 5.97. The Morgan fingerprint density at radius 2 is 1.90 bits per heavy atom. The molecule has 1 unspecified atom stereocenters. The summed E-state index contributed by atoms with van der Waals surface area (Å²) in [7, 11) is 0. The lowest BCUT2D eigenvalue weighted by Gasteiger charge is -2.14. The van der Waals surface area contributed by atoms with Gasteiger partial charge in [-0.25, -0.2) is 0 Å². The number of aromatic hydroxyl groups is 2. The molecule has 2 aromatic rings. The molecule has 2 amide bonds. The SMILES string of the molecule is CC(C)c1cc(CCc2onc(C(N)=O)c2C2=CC(C)(C(N)=O)NO2)c(O)cc1O. The molecule has 30 heavy (non-hydrogen) atoms. The van der Waals surface area contributed by atoms with Gasteiger partial charge in [0, 0.05) is 12.5 Å². The number of amides is 2. The van der Waals surface area contributed by atoms with E-state index in [0.29, 0.717) is 17.5 Å². The number of aromatic nitrogens is 1. The average Bonchev–Trinajstić information content (AvgIpc) is 3.25. The van der Waals surface area contributed by atoms with Crippen LogP contribution in [0.25, 0.3) is 5.76 Å². The van der Waals surface area contributed by atoms with Crippen molar-refractivity contribution in [2.75, 3.05) is 0 Å². The lowest BCUT2D eigenvalue weighted by Crippen LogP contribution is -2.48. The molecule has 0 saturated carbocycles. The molecule has 0 aliphatic carbocycles. The van der Waals surface area contributed by atoms with E-state index < -0.39 is 17.4 Å². The van der Waals surface area contributed by atoms with E-state index in [0.717, 1.165) is 0 Å².